The number of nitriles is 1. The highest BCUT2D eigenvalue weighted by molar-refractivity contribution is 5.98. The van der Waals surface area contributed by atoms with Gasteiger partial charge in [0.05, 0.1) is 11.6 Å². The molecule has 3 aromatic rings. The predicted molar refractivity (Wildman–Crippen MR) is 270 cm³/mol. The second-order valence-electron chi connectivity index (χ2n) is 21.1. The van der Waals surface area contributed by atoms with E-state index in [0.29, 0.717) is 22.0 Å². The lowest BCUT2D eigenvalue weighted by Gasteiger charge is -2.35. The maximum atomic E-state index is 15.1. The zero-order valence-electron chi connectivity index (χ0n) is 44.3. The van der Waals surface area contributed by atoms with Gasteiger partial charge in [0.1, 0.15) is 36.3 Å². The van der Waals surface area contributed by atoms with Gasteiger partial charge >= 0.3 is 12.1 Å². The van der Waals surface area contributed by atoms with Gasteiger partial charge in [0.25, 0.3) is 5.91 Å². The van der Waals surface area contributed by atoms with Gasteiger partial charge in [0.15, 0.2) is 6.10 Å². The highest BCUT2D eigenvalue weighted by Gasteiger charge is 2.41. The lowest BCUT2D eigenvalue weighted by atomic mass is 9.96. The fourth-order valence-electron chi connectivity index (χ4n) is 9.06. The summed E-state index contributed by atoms with van der Waals surface area (Å²) in [6.07, 6.45) is -4.30. The number of carbonyl (C=O) groups is 7. The fourth-order valence-corrected chi connectivity index (χ4v) is 9.06. The molecule has 1 aliphatic rings. The van der Waals surface area contributed by atoms with Crippen molar-refractivity contribution in [3.63, 3.8) is 0 Å². The van der Waals surface area contributed by atoms with Gasteiger partial charge in [-0.25, -0.2) is 4.79 Å². The SMILES string of the molecule is CC(C)C[C@@H]1NC(=O)[C@H](Cc2cn(Cc3ccc(C(F)(F)F)cc3)c3ccccc23)N(C)C(=O)[C@H](CC(C)C)NC(=O)[C@H](CC(C)C)N(C)C(=O)[C@H](CC(C)C)NC(=O)[C@@H](CCC#N)OC(=O)[C@H](C)N(C)C1=O. The number of alkyl halides is 3. The topological polar surface area (TPSA) is 203 Å². The molecule has 7 atom stereocenters. The molecule has 0 radical (unpaired) electrons. The Morgan fingerprint density at radius 2 is 1.11 bits per heavy atom. The summed E-state index contributed by atoms with van der Waals surface area (Å²) in [7, 11) is 4.24. The molecule has 19 heteroatoms. The van der Waals surface area contributed by atoms with Gasteiger partial charge in [-0.15, -0.1) is 0 Å². The van der Waals surface area contributed by atoms with E-state index >= 15 is 9.59 Å². The van der Waals surface area contributed by atoms with Crippen molar-refractivity contribution < 1.29 is 51.5 Å². The van der Waals surface area contributed by atoms with E-state index in [1.54, 1.807) is 18.3 Å². The zero-order valence-corrected chi connectivity index (χ0v) is 44.3. The molecular weight excluding hydrogens is 946 g/mol. The highest BCUT2D eigenvalue weighted by Crippen LogP contribution is 2.30. The number of nitrogens with one attached hydrogen (secondary N) is 3. The van der Waals surface area contributed by atoms with Crippen molar-refractivity contribution in [3.8, 4) is 6.07 Å². The van der Waals surface area contributed by atoms with Crippen molar-refractivity contribution in [2.45, 2.75) is 162 Å². The van der Waals surface area contributed by atoms with Crippen molar-refractivity contribution in [3.05, 3.63) is 71.4 Å². The number of para-hydroxylation sites is 1. The summed E-state index contributed by atoms with van der Waals surface area (Å²) in [5.74, 6) is -5.76. The van der Waals surface area contributed by atoms with Crippen LogP contribution in [0.25, 0.3) is 10.9 Å². The average Bonchev–Trinajstić information content (AvgIpc) is 3.66. The molecule has 1 saturated heterocycles. The number of cyclic esters (lactones) is 1. The minimum Gasteiger partial charge on any atom is -0.451 e. The molecule has 2 heterocycles. The van der Waals surface area contributed by atoms with Crippen molar-refractivity contribution in [2.24, 2.45) is 23.7 Å². The number of aromatic nitrogens is 1. The minimum atomic E-state index is -4.52. The van der Waals surface area contributed by atoms with Crippen LogP contribution in [0.4, 0.5) is 13.2 Å². The second kappa shape index (κ2) is 26.0. The van der Waals surface area contributed by atoms with Crippen molar-refractivity contribution in [2.75, 3.05) is 21.1 Å². The Hall–Kier alpha value is -6.45. The van der Waals surface area contributed by atoms with Crippen LogP contribution in [0.2, 0.25) is 0 Å². The smallest absolute Gasteiger partial charge is 0.416 e. The number of hydrogen-bond donors (Lipinski definition) is 3. The van der Waals surface area contributed by atoms with Crippen molar-refractivity contribution in [1.29, 1.82) is 5.26 Å². The summed E-state index contributed by atoms with van der Waals surface area (Å²) in [5, 5.41) is 18.7. The number of esters is 1. The molecule has 2 aromatic carbocycles. The first-order chi connectivity index (χ1) is 34.1. The van der Waals surface area contributed by atoms with Gasteiger partial charge in [0.2, 0.25) is 29.5 Å². The molecule has 0 aliphatic carbocycles. The molecule has 16 nitrogen and oxygen atoms in total. The van der Waals surface area contributed by atoms with Crippen LogP contribution in [0, 0.1) is 35.0 Å². The first kappa shape index (κ1) is 59.1. The Bertz CT molecular complexity index is 2460. The van der Waals surface area contributed by atoms with E-state index in [9.17, 15) is 42.4 Å². The number of halogens is 3. The third-order valence-corrected chi connectivity index (χ3v) is 13.2. The Balaban J connectivity index is 1.92. The summed E-state index contributed by atoms with van der Waals surface area (Å²) in [5.41, 5.74) is 1.09. The lowest BCUT2D eigenvalue weighted by molar-refractivity contribution is -0.163. The molecule has 3 N–H and O–H groups in total. The zero-order chi connectivity index (χ0) is 54.6. The van der Waals surface area contributed by atoms with Gasteiger partial charge in [0, 0.05) is 64.1 Å². The van der Waals surface area contributed by atoms with Crippen LogP contribution in [0.1, 0.15) is 118 Å². The van der Waals surface area contributed by atoms with Gasteiger partial charge in [-0.05, 0) is 85.6 Å². The Morgan fingerprint density at radius 1 is 0.644 bits per heavy atom. The largest absolute Gasteiger partial charge is 0.451 e. The van der Waals surface area contributed by atoms with E-state index in [1.165, 1.54) is 50.0 Å². The molecule has 0 unspecified atom stereocenters. The first-order valence-corrected chi connectivity index (χ1v) is 25.2. The maximum absolute atomic E-state index is 15.1. The van der Waals surface area contributed by atoms with E-state index < -0.39 is 95.5 Å². The number of benzene rings is 2. The molecular formula is C54H75F3N8O8. The van der Waals surface area contributed by atoms with Crippen LogP contribution in [0.15, 0.2) is 54.7 Å². The van der Waals surface area contributed by atoms with E-state index in [-0.39, 0.29) is 75.2 Å². The van der Waals surface area contributed by atoms with Gasteiger partial charge in [-0.3, -0.25) is 28.8 Å². The van der Waals surface area contributed by atoms with E-state index in [4.69, 9.17) is 4.74 Å². The van der Waals surface area contributed by atoms with Gasteiger partial charge in [-0.2, -0.15) is 18.4 Å². The van der Waals surface area contributed by atoms with Crippen LogP contribution in [0.3, 0.4) is 0 Å². The van der Waals surface area contributed by atoms with Crippen molar-refractivity contribution >= 4 is 52.3 Å². The lowest BCUT2D eigenvalue weighted by Crippen LogP contribution is -2.60. The number of likely N-dealkylation sites (N-methyl/N-ethyl adjacent to an activating group) is 3. The molecule has 1 aromatic heterocycles. The van der Waals surface area contributed by atoms with Crippen LogP contribution in [0.5, 0.6) is 0 Å². The molecule has 0 spiro atoms. The number of fused-ring (bicyclic) bond motifs is 1. The van der Waals surface area contributed by atoms with Crippen LogP contribution in [-0.4, -0.2) is 124 Å². The second-order valence-corrected chi connectivity index (χ2v) is 21.1. The predicted octanol–water partition coefficient (Wildman–Crippen LogP) is 6.62. The number of ether oxygens (including phenoxy) is 1. The molecule has 0 saturated carbocycles. The average molecular weight is 1020 g/mol. The summed E-state index contributed by atoms with van der Waals surface area (Å²) in [6.45, 7) is 16.4. The van der Waals surface area contributed by atoms with Gasteiger partial charge < -0.3 is 40.0 Å². The summed E-state index contributed by atoms with van der Waals surface area (Å²) in [6, 6.07) is 6.59. The number of hydrogen-bond acceptors (Lipinski definition) is 9. The molecule has 1 fully saturated rings. The highest BCUT2D eigenvalue weighted by atomic mass is 19.4. The molecule has 400 valence electrons. The molecule has 73 heavy (non-hydrogen) atoms. The quantitative estimate of drug-likeness (QED) is 0.148. The Labute approximate surface area is 427 Å². The summed E-state index contributed by atoms with van der Waals surface area (Å²) in [4.78, 5) is 105. The minimum absolute atomic E-state index is 0.1000. The monoisotopic (exact) mass is 1020 g/mol. The fraction of sp³-hybridized carbons (Fsp3) is 0.593. The third-order valence-electron chi connectivity index (χ3n) is 13.2. The van der Waals surface area contributed by atoms with Crippen molar-refractivity contribution in [1.82, 2.24) is 35.2 Å². The van der Waals surface area contributed by atoms with E-state index in [2.05, 4.69) is 16.0 Å². The van der Waals surface area contributed by atoms with E-state index in [1.807, 2.05) is 78.2 Å². The number of rotatable bonds is 14. The Kier molecular flexibility index (Phi) is 21.0. The Morgan fingerprint density at radius 3 is 1.60 bits per heavy atom. The van der Waals surface area contributed by atoms with E-state index in [0.717, 1.165) is 17.0 Å². The standard InChI is InChI=1S/C54H75F3N8O8/c1-31(2)24-40-50(69)62(10)35(9)53(72)73-46(18-15-23-58)49(68)61-42(26-33(5)6)52(71)63(11)44(27-34(7)8)47(66)60-41(25-32(3)4)51(70)64(12)45(48(67)59-40)28-37-30-65(43-17-14-13-16-39(37)43)29-36-19-21-38(22-20-36)54(55,56)57/h13-14,16-17,19-22,30-35,40-42,44-46H,15,18,24-29H2,1-12H3,(H,59,67)(H,60,66)(H,61,68)/t35-,40-,41-,42-,44-,45-,46+/m0/s1. The van der Waals surface area contributed by atoms with Crippen LogP contribution >= 0.6 is 0 Å². The molecule has 1 aliphatic heterocycles. The van der Waals surface area contributed by atoms with Crippen LogP contribution in [-0.2, 0) is 57.4 Å². The number of nitrogens with zero attached hydrogens (tertiary/aromatic N) is 5. The van der Waals surface area contributed by atoms with Crippen LogP contribution < -0.4 is 16.0 Å². The number of amides is 6. The summed E-state index contributed by atoms with van der Waals surface area (Å²) < 4.78 is 48.0. The number of carbonyl (C=O) groups excluding carboxylic acids is 7. The maximum Gasteiger partial charge on any atom is 0.416 e. The normalized spacial score (nSPS) is 23.0. The first-order valence-electron chi connectivity index (χ1n) is 25.2. The molecule has 4 rings (SSSR count). The molecule has 6 amide bonds. The third kappa shape index (κ3) is 16.0. The summed E-state index contributed by atoms with van der Waals surface area (Å²) >= 11 is 0. The van der Waals surface area contributed by atoms with Gasteiger partial charge in [-0.1, -0.05) is 85.7 Å². The molecule has 0 bridgehead atoms.